The van der Waals surface area contributed by atoms with Crippen LogP contribution in [0, 0.1) is 12.3 Å². The average molecular weight is 324 g/mol. The van der Waals surface area contributed by atoms with Gasteiger partial charge in [-0.2, -0.15) is 0 Å². The highest BCUT2D eigenvalue weighted by Gasteiger charge is 1.99. The lowest BCUT2D eigenvalue weighted by molar-refractivity contribution is 0.370. The van der Waals surface area contributed by atoms with Crippen molar-refractivity contribution in [2.75, 3.05) is 26.7 Å². The molecule has 0 saturated carbocycles. The maximum absolute atomic E-state index is 5.36. The number of nitrogens with one attached hydrogen (secondary N) is 2. The monoisotopic (exact) mass is 324 g/mol. The van der Waals surface area contributed by atoms with Crippen LogP contribution >= 0.6 is 0 Å². The number of hydrogen-bond donors (Lipinski definition) is 2. The first-order chi connectivity index (χ1) is 11.8. The van der Waals surface area contributed by atoms with Crippen molar-refractivity contribution in [3.05, 3.63) is 54.4 Å². The smallest absolute Gasteiger partial charge is 0.191 e. The lowest BCUT2D eigenvalue weighted by Gasteiger charge is -2.12. The van der Waals surface area contributed by atoms with Gasteiger partial charge in [-0.15, -0.1) is 6.42 Å². The zero-order valence-electron chi connectivity index (χ0n) is 14.0. The Morgan fingerprint density at radius 3 is 2.54 bits per heavy atom. The van der Waals surface area contributed by atoms with Crippen LogP contribution in [-0.2, 0) is 13.0 Å². The van der Waals surface area contributed by atoms with Gasteiger partial charge in [0.05, 0.1) is 0 Å². The van der Waals surface area contributed by atoms with Crippen molar-refractivity contribution < 1.29 is 4.74 Å². The molecular formula is C19H24N4O. The van der Waals surface area contributed by atoms with Gasteiger partial charge in [0.1, 0.15) is 12.4 Å². The van der Waals surface area contributed by atoms with Crippen LogP contribution in [0.1, 0.15) is 5.56 Å². The van der Waals surface area contributed by atoms with E-state index in [-0.39, 0.29) is 0 Å². The molecule has 0 spiro atoms. The zero-order valence-corrected chi connectivity index (χ0v) is 14.0. The third kappa shape index (κ3) is 6.09. The Labute approximate surface area is 143 Å². The van der Waals surface area contributed by atoms with Gasteiger partial charge in [-0.3, -0.25) is 4.99 Å². The number of guanidine groups is 1. The van der Waals surface area contributed by atoms with Crippen molar-refractivity contribution in [1.82, 2.24) is 15.2 Å². The largest absolute Gasteiger partial charge is 0.481 e. The van der Waals surface area contributed by atoms with Gasteiger partial charge >= 0.3 is 0 Å². The standard InChI is InChI=1S/C19H24N4O/c1-3-16-24-18-8-6-17(7-9-18)10-11-21-19(20-2)22-12-15-23-13-4-5-14-23/h1,4-9,13-14H,10-12,15-16H2,2H3,(H2,20,21,22). The molecule has 24 heavy (non-hydrogen) atoms. The number of rotatable bonds is 8. The summed E-state index contributed by atoms with van der Waals surface area (Å²) in [5.41, 5.74) is 1.23. The van der Waals surface area contributed by atoms with E-state index in [9.17, 15) is 0 Å². The summed E-state index contributed by atoms with van der Waals surface area (Å²) < 4.78 is 7.49. The van der Waals surface area contributed by atoms with Crippen LogP contribution in [0.25, 0.3) is 0 Å². The minimum absolute atomic E-state index is 0.298. The average Bonchev–Trinajstić information content (AvgIpc) is 3.13. The van der Waals surface area contributed by atoms with E-state index in [4.69, 9.17) is 11.2 Å². The fourth-order valence-electron chi connectivity index (χ4n) is 2.25. The Morgan fingerprint density at radius 1 is 1.17 bits per heavy atom. The third-order valence-corrected chi connectivity index (χ3v) is 3.50. The molecule has 0 atom stereocenters. The molecule has 5 heteroatoms. The Morgan fingerprint density at radius 2 is 1.88 bits per heavy atom. The van der Waals surface area contributed by atoms with Crippen molar-refractivity contribution in [3.63, 3.8) is 0 Å². The van der Waals surface area contributed by atoms with Gasteiger partial charge in [0, 0.05) is 39.1 Å². The van der Waals surface area contributed by atoms with Gasteiger partial charge in [0.15, 0.2) is 5.96 Å². The minimum Gasteiger partial charge on any atom is -0.481 e. The summed E-state index contributed by atoms with van der Waals surface area (Å²) in [4.78, 5) is 4.23. The van der Waals surface area contributed by atoms with Gasteiger partial charge in [0.25, 0.3) is 0 Å². The van der Waals surface area contributed by atoms with Crippen LogP contribution in [0.4, 0.5) is 0 Å². The van der Waals surface area contributed by atoms with E-state index in [0.717, 1.165) is 37.8 Å². The lowest BCUT2D eigenvalue weighted by atomic mass is 10.1. The van der Waals surface area contributed by atoms with Crippen LogP contribution in [0.2, 0.25) is 0 Å². The molecule has 1 aromatic carbocycles. The van der Waals surface area contributed by atoms with Crippen LogP contribution in [0.5, 0.6) is 5.75 Å². The quantitative estimate of drug-likeness (QED) is 0.443. The number of benzene rings is 1. The number of hydrogen-bond acceptors (Lipinski definition) is 2. The Balaban J connectivity index is 1.66. The fraction of sp³-hybridized carbons (Fsp3) is 0.316. The molecule has 0 aliphatic heterocycles. The first-order valence-electron chi connectivity index (χ1n) is 8.02. The van der Waals surface area contributed by atoms with Gasteiger partial charge < -0.3 is 19.9 Å². The minimum atomic E-state index is 0.298. The highest BCUT2D eigenvalue weighted by molar-refractivity contribution is 5.79. The zero-order chi connectivity index (χ0) is 17.0. The van der Waals surface area contributed by atoms with Crippen molar-refractivity contribution in [1.29, 1.82) is 0 Å². The SMILES string of the molecule is C#CCOc1ccc(CCNC(=NC)NCCn2cccc2)cc1. The van der Waals surface area contributed by atoms with E-state index in [2.05, 4.69) is 50.6 Å². The summed E-state index contributed by atoms with van der Waals surface area (Å²) in [5, 5.41) is 6.62. The molecule has 2 N–H and O–H groups in total. The normalized spacial score (nSPS) is 10.9. The van der Waals surface area contributed by atoms with E-state index in [1.165, 1.54) is 5.56 Å². The van der Waals surface area contributed by atoms with E-state index < -0.39 is 0 Å². The van der Waals surface area contributed by atoms with E-state index in [0.29, 0.717) is 6.61 Å². The Bertz CT molecular complexity index is 654. The summed E-state index contributed by atoms with van der Waals surface area (Å²) in [6.45, 7) is 2.85. The number of ether oxygens (including phenoxy) is 1. The van der Waals surface area contributed by atoms with Gasteiger partial charge in [0.2, 0.25) is 0 Å². The molecule has 0 amide bonds. The number of aliphatic imine (C=N–C) groups is 1. The van der Waals surface area contributed by atoms with Gasteiger partial charge in [-0.25, -0.2) is 0 Å². The molecule has 0 aliphatic carbocycles. The number of nitrogens with zero attached hydrogens (tertiary/aromatic N) is 2. The molecular weight excluding hydrogens is 300 g/mol. The fourth-order valence-corrected chi connectivity index (χ4v) is 2.25. The molecule has 126 valence electrons. The summed E-state index contributed by atoms with van der Waals surface area (Å²) in [6, 6.07) is 12.0. The van der Waals surface area contributed by atoms with Crippen LogP contribution in [0.15, 0.2) is 53.8 Å². The molecule has 2 aromatic rings. The lowest BCUT2D eigenvalue weighted by Crippen LogP contribution is -2.39. The van der Waals surface area contributed by atoms with Crippen molar-refractivity contribution in [2.24, 2.45) is 4.99 Å². The van der Waals surface area contributed by atoms with Crippen LogP contribution < -0.4 is 15.4 Å². The maximum atomic E-state index is 5.36. The van der Waals surface area contributed by atoms with Gasteiger partial charge in [-0.05, 0) is 36.2 Å². The second-order valence-electron chi connectivity index (χ2n) is 5.23. The molecule has 0 saturated heterocycles. The van der Waals surface area contributed by atoms with Crippen LogP contribution in [-0.4, -0.2) is 37.3 Å². The maximum Gasteiger partial charge on any atom is 0.191 e. The van der Waals surface area contributed by atoms with Crippen LogP contribution in [0.3, 0.4) is 0 Å². The Hall–Kier alpha value is -2.87. The van der Waals surface area contributed by atoms with Gasteiger partial charge in [-0.1, -0.05) is 18.1 Å². The number of aromatic nitrogens is 1. The summed E-state index contributed by atoms with van der Waals surface area (Å²) >= 11 is 0. The predicted octanol–water partition coefficient (Wildman–Crippen LogP) is 1.91. The predicted molar refractivity (Wildman–Crippen MR) is 98.3 cm³/mol. The first kappa shape index (κ1) is 17.5. The molecule has 5 nitrogen and oxygen atoms in total. The topological polar surface area (TPSA) is 50.6 Å². The van der Waals surface area contributed by atoms with Crippen molar-refractivity contribution in [2.45, 2.75) is 13.0 Å². The highest BCUT2D eigenvalue weighted by Crippen LogP contribution is 2.12. The van der Waals surface area contributed by atoms with E-state index >= 15 is 0 Å². The molecule has 0 aliphatic rings. The third-order valence-electron chi connectivity index (χ3n) is 3.50. The molecule has 0 radical (unpaired) electrons. The molecule has 0 bridgehead atoms. The second kappa shape index (κ2) is 10.0. The highest BCUT2D eigenvalue weighted by atomic mass is 16.5. The van der Waals surface area contributed by atoms with E-state index in [1.54, 1.807) is 7.05 Å². The summed E-state index contributed by atoms with van der Waals surface area (Å²) in [7, 11) is 1.78. The summed E-state index contributed by atoms with van der Waals surface area (Å²) in [6.07, 6.45) is 10.2. The number of terminal acetylenes is 1. The molecule has 0 fully saturated rings. The summed E-state index contributed by atoms with van der Waals surface area (Å²) in [5.74, 6) is 4.07. The van der Waals surface area contributed by atoms with E-state index in [1.807, 2.05) is 24.3 Å². The second-order valence-corrected chi connectivity index (χ2v) is 5.23. The first-order valence-corrected chi connectivity index (χ1v) is 8.02. The van der Waals surface area contributed by atoms with Crippen molar-refractivity contribution in [3.8, 4) is 18.1 Å². The molecule has 1 aromatic heterocycles. The molecule has 2 rings (SSSR count). The molecule has 0 unspecified atom stereocenters. The Kier molecular flexibility index (Phi) is 7.29. The van der Waals surface area contributed by atoms with Crippen molar-refractivity contribution >= 4 is 5.96 Å². The molecule has 1 heterocycles.